The maximum absolute atomic E-state index is 13.3. The molecule has 0 aliphatic heterocycles. The molecule has 5 nitrogen and oxygen atoms in total. The fraction of sp³-hybridized carbons (Fsp3) is 0.633. The molecule has 0 unspecified atom stereocenters. The van der Waals surface area contributed by atoms with Crippen molar-refractivity contribution >= 4 is 17.5 Å². The third kappa shape index (κ3) is 2.78. The van der Waals surface area contributed by atoms with Crippen molar-refractivity contribution in [1.82, 2.24) is 0 Å². The molecule has 5 aliphatic carbocycles. The largest absolute Gasteiger partial charge is 0.504 e. The molecule has 0 aromatic rings. The Kier molecular flexibility index (Phi) is 4.91. The Balaban J connectivity index is 1.64. The fourth-order valence-corrected chi connectivity index (χ4v) is 8.76. The smallest absolute Gasteiger partial charge is 0.319 e. The number of ketones is 2. The van der Waals surface area contributed by atoms with Crippen LogP contribution < -0.4 is 0 Å². The molecule has 0 radical (unpaired) electrons. The Morgan fingerprint density at radius 3 is 2.37 bits per heavy atom. The summed E-state index contributed by atoms with van der Waals surface area (Å²) in [5.41, 5.74) is 2.17. The predicted octanol–water partition coefficient (Wildman–Crippen LogP) is 5.97. The lowest BCUT2D eigenvalue weighted by molar-refractivity contribution is -0.184. The van der Waals surface area contributed by atoms with E-state index in [1.807, 2.05) is 6.92 Å². The highest BCUT2D eigenvalue weighted by molar-refractivity contribution is 6.06. The van der Waals surface area contributed by atoms with Crippen molar-refractivity contribution < 1.29 is 24.2 Å². The number of hydrogen-bond acceptors (Lipinski definition) is 5. The quantitative estimate of drug-likeness (QED) is 0.371. The van der Waals surface area contributed by atoms with Gasteiger partial charge in [0.05, 0.1) is 7.11 Å². The summed E-state index contributed by atoms with van der Waals surface area (Å²) >= 11 is 0. The molecule has 6 atom stereocenters. The summed E-state index contributed by atoms with van der Waals surface area (Å²) in [5.74, 6) is -0.688. The van der Waals surface area contributed by atoms with E-state index in [0.29, 0.717) is 18.4 Å². The van der Waals surface area contributed by atoms with Crippen LogP contribution in [0.4, 0.5) is 0 Å². The van der Waals surface area contributed by atoms with Gasteiger partial charge in [0, 0.05) is 17.4 Å². The van der Waals surface area contributed by atoms with Crippen molar-refractivity contribution in [3.63, 3.8) is 0 Å². The van der Waals surface area contributed by atoms with Gasteiger partial charge < -0.3 is 9.84 Å². The molecule has 5 rings (SSSR count). The van der Waals surface area contributed by atoms with E-state index < -0.39 is 11.4 Å². The molecular weight excluding hydrogens is 440 g/mol. The number of carbonyl (C=O) groups excluding carboxylic acids is 3. The first-order chi connectivity index (χ1) is 16.2. The molecule has 0 aromatic heterocycles. The molecule has 0 saturated heterocycles. The van der Waals surface area contributed by atoms with Gasteiger partial charge in [-0.3, -0.25) is 14.4 Å². The number of rotatable bonds is 1. The van der Waals surface area contributed by atoms with Gasteiger partial charge in [-0.1, -0.05) is 45.4 Å². The Labute approximate surface area is 208 Å². The van der Waals surface area contributed by atoms with Gasteiger partial charge in [0.25, 0.3) is 0 Å². The second kappa shape index (κ2) is 7.08. The molecule has 188 valence electrons. The molecule has 3 fully saturated rings. The number of aliphatic hydroxyl groups excluding tert-OH is 1. The summed E-state index contributed by atoms with van der Waals surface area (Å²) in [6.07, 6.45) is 10.6. The van der Waals surface area contributed by atoms with Crippen molar-refractivity contribution in [2.24, 2.45) is 33.0 Å². The topological polar surface area (TPSA) is 80.7 Å². The molecule has 0 spiro atoms. The van der Waals surface area contributed by atoms with Gasteiger partial charge in [-0.2, -0.15) is 0 Å². The van der Waals surface area contributed by atoms with E-state index in [0.717, 1.165) is 36.8 Å². The Hall–Kier alpha value is -2.43. The van der Waals surface area contributed by atoms with Gasteiger partial charge in [-0.05, 0) is 85.3 Å². The number of ether oxygens (including phenoxy) is 1. The average Bonchev–Trinajstić information content (AvgIpc) is 2.81. The SMILES string of the molecule is COC(=O)[C@@]1(C)C[C@@H]2[C@@](C)(CC[C@]3(C)C4=CC=C5C(=CC(=O)C(O)=C5C)[C@]4(C)CC[C@@]23C)CC1=O. The highest BCUT2D eigenvalue weighted by Crippen LogP contribution is 2.75. The second-order valence-electron chi connectivity index (χ2n) is 13.0. The minimum atomic E-state index is -1.10. The van der Waals surface area contributed by atoms with Crippen LogP contribution in [-0.2, 0) is 19.1 Å². The van der Waals surface area contributed by atoms with Gasteiger partial charge in [-0.15, -0.1) is 0 Å². The summed E-state index contributed by atoms with van der Waals surface area (Å²) in [4.78, 5) is 38.7. The molecule has 3 saturated carbocycles. The molecular formula is C30H38O5. The van der Waals surface area contributed by atoms with Crippen molar-refractivity contribution in [3.05, 3.63) is 46.3 Å². The number of methoxy groups -OCH3 is 1. The molecule has 5 heteroatoms. The molecule has 0 heterocycles. The van der Waals surface area contributed by atoms with Crippen LogP contribution >= 0.6 is 0 Å². The molecule has 1 N–H and O–H groups in total. The van der Waals surface area contributed by atoms with Crippen molar-refractivity contribution in [3.8, 4) is 0 Å². The van der Waals surface area contributed by atoms with Crippen LogP contribution in [0, 0.1) is 33.0 Å². The van der Waals surface area contributed by atoms with Gasteiger partial charge in [0.1, 0.15) is 11.2 Å². The molecule has 0 amide bonds. The Morgan fingerprint density at radius 1 is 1.03 bits per heavy atom. The summed E-state index contributed by atoms with van der Waals surface area (Å²) in [5, 5.41) is 10.3. The van der Waals surface area contributed by atoms with Crippen LogP contribution in [0.15, 0.2) is 46.3 Å². The number of aliphatic hydroxyl groups is 1. The van der Waals surface area contributed by atoms with Crippen LogP contribution in [0.3, 0.4) is 0 Å². The van der Waals surface area contributed by atoms with E-state index in [1.165, 1.54) is 12.7 Å². The minimum absolute atomic E-state index is 0.00773. The van der Waals surface area contributed by atoms with E-state index in [4.69, 9.17) is 4.74 Å². The first-order valence-electron chi connectivity index (χ1n) is 12.9. The standard InChI is InChI=1S/C30H38O5/c1-17-18-8-9-21-27(3,19(18)14-20(31)24(17)33)11-13-30(6)22-15-28(4,25(34)35-7)23(32)16-26(22,2)10-12-29(21,30)5/h8-9,14,22,33H,10-13,15-16H2,1-7H3/t22-,26+,27+,28+,29-,30+/m1/s1. The highest BCUT2D eigenvalue weighted by atomic mass is 16.5. The highest BCUT2D eigenvalue weighted by Gasteiger charge is 2.68. The normalized spacial score (nSPS) is 44.8. The van der Waals surface area contributed by atoms with Gasteiger partial charge in [0.15, 0.2) is 5.76 Å². The molecule has 0 bridgehead atoms. The third-order valence-electron chi connectivity index (χ3n) is 11.4. The maximum Gasteiger partial charge on any atom is 0.319 e. The Bertz CT molecular complexity index is 1200. The summed E-state index contributed by atoms with van der Waals surface area (Å²) < 4.78 is 5.12. The summed E-state index contributed by atoms with van der Waals surface area (Å²) in [6, 6.07) is 0. The first-order valence-corrected chi connectivity index (χ1v) is 12.9. The second-order valence-corrected chi connectivity index (χ2v) is 13.0. The van der Waals surface area contributed by atoms with Crippen LogP contribution in [-0.4, -0.2) is 29.8 Å². The number of Topliss-reactive ketones (excluding diaryl/α,β-unsaturated/α-hetero) is 1. The zero-order chi connectivity index (χ0) is 25.8. The van der Waals surface area contributed by atoms with E-state index in [-0.39, 0.29) is 44.9 Å². The lowest BCUT2D eigenvalue weighted by Crippen LogP contribution is -2.63. The van der Waals surface area contributed by atoms with Gasteiger partial charge in [0.2, 0.25) is 5.78 Å². The van der Waals surface area contributed by atoms with Crippen molar-refractivity contribution in [2.45, 2.75) is 80.1 Å². The zero-order valence-electron chi connectivity index (χ0n) is 22.1. The van der Waals surface area contributed by atoms with Gasteiger partial charge >= 0.3 is 5.97 Å². The average molecular weight is 479 g/mol. The number of fused-ring (bicyclic) bond motifs is 7. The van der Waals surface area contributed by atoms with E-state index in [1.54, 1.807) is 13.0 Å². The monoisotopic (exact) mass is 478 g/mol. The third-order valence-corrected chi connectivity index (χ3v) is 11.4. The van der Waals surface area contributed by atoms with E-state index >= 15 is 0 Å². The number of esters is 1. The Morgan fingerprint density at radius 2 is 1.71 bits per heavy atom. The molecule has 35 heavy (non-hydrogen) atoms. The van der Waals surface area contributed by atoms with Crippen molar-refractivity contribution in [1.29, 1.82) is 0 Å². The van der Waals surface area contributed by atoms with Crippen LogP contribution in [0.5, 0.6) is 0 Å². The first kappa shape index (κ1) is 24.3. The van der Waals surface area contributed by atoms with Crippen LogP contribution in [0.1, 0.15) is 80.1 Å². The lowest BCUT2D eigenvalue weighted by atomic mass is 9.34. The molecule has 5 aliphatic rings. The number of hydrogen-bond donors (Lipinski definition) is 1. The van der Waals surface area contributed by atoms with Crippen molar-refractivity contribution in [2.75, 3.05) is 7.11 Å². The lowest BCUT2D eigenvalue weighted by Gasteiger charge is -2.69. The zero-order valence-corrected chi connectivity index (χ0v) is 22.1. The van der Waals surface area contributed by atoms with E-state index in [9.17, 15) is 19.5 Å². The number of allylic oxidation sites excluding steroid dienone is 7. The summed E-state index contributed by atoms with van der Waals surface area (Å²) in [6.45, 7) is 12.8. The maximum atomic E-state index is 13.3. The van der Waals surface area contributed by atoms with E-state index in [2.05, 4.69) is 39.8 Å². The minimum Gasteiger partial charge on any atom is -0.504 e. The molecule has 0 aromatic carbocycles. The summed E-state index contributed by atoms with van der Waals surface area (Å²) in [7, 11) is 1.37. The number of carbonyl (C=O) groups is 3. The fourth-order valence-electron chi connectivity index (χ4n) is 8.76. The van der Waals surface area contributed by atoms with Gasteiger partial charge in [-0.25, -0.2) is 0 Å². The van der Waals surface area contributed by atoms with Crippen LogP contribution in [0.2, 0.25) is 0 Å². The van der Waals surface area contributed by atoms with Crippen LogP contribution in [0.25, 0.3) is 0 Å². The predicted molar refractivity (Wildman–Crippen MR) is 133 cm³/mol.